The summed E-state index contributed by atoms with van der Waals surface area (Å²) in [6.45, 7) is 4.72. The SMILES string of the molecule is CC1(C)[C@H]2CC[C@H](C2)[C@@]12C[C@@H]2C(N)=O. The van der Waals surface area contributed by atoms with Gasteiger partial charge in [0.1, 0.15) is 0 Å². The summed E-state index contributed by atoms with van der Waals surface area (Å²) in [7, 11) is 0. The van der Waals surface area contributed by atoms with E-state index in [2.05, 4.69) is 13.8 Å². The van der Waals surface area contributed by atoms with Gasteiger partial charge in [-0.2, -0.15) is 0 Å². The van der Waals surface area contributed by atoms with Crippen molar-refractivity contribution in [3.63, 3.8) is 0 Å². The minimum atomic E-state index is -0.0503. The third-order valence-electron chi connectivity index (χ3n) is 5.73. The Balaban J connectivity index is 1.98. The first-order valence-corrected chi connectivity index (χ1v) is 5.79. The van der Waals surface area contributed by atoms with Gasteiger partial charge in [0.15, 0.2) is 0 Å². The molecule has 2 heteroatoms. The van der Waals surface area contributed by atoms with Crippen LogP contribution >= 0.6 is 0 Å². The second kappa shape index (κ2) is 2.17. The maximum absolute atomic E-state index is 11.3. The third-order valence-corrected chi connectivity index (χ3v) is 5.73. The fourth-order valence-corrected chi connectivity index (χ4v) is 4.81. The Hall–Kier alpha value is -0.530. The average molecular weight is 193 g/mol. The maximum atomic E-state index is 11.3. The first-order chi connectivity index (χ1) is 6.50. The highest BCUT2D eigenvalue weighted by Crippen LogP contribution is 2.79. The Bertz CT molecular complexity index is 309. The lowest BCUT2D eigenvalue weighted by atomic mass is 9.65. The Kier molecular flexibility index (Phi) is 1.36. The molecule has 3 saturated carbocycles. The lowest BCUT2D eigenvalue weighted by Gasteiger charge is -2.39. The molecule has 0 aromatic carbocycles. The molecule has 3 aliphatic carbocycles. The highest BCUT2D eigenvalue weighted by molar-refractivity contribution is 5.81. The molecule has 0 heterocycles. The van der Waals surface area contributed by atoms with Gasteiger partial charge in [-0.25, -0.2) is 0 Å². The van der Waals surface area contributed by atoms with Crippen LogP contribution in [-0.2, 0) is 4.79 Å². The summed E-state index contributed by atoms with van der Waals surface area (Å²) in [6, 6.07) is 0. The molecule has 0 aliphatic heterocycles. The first kappa shape index (κ1) is 8.75. The van der Waals surface area contributed by atoms with Crippen molar-refractivity contribution in [3.8, 4) is 0 Å². The van der Waals surface area contributed by atoms with Crippen LogP contribution in [-0.4, -0.2) is 5.91 Å². The van der Waals surface area contributed by atoms with Gasteiger partial charge >= 0.3 is 0 Å². The van der Waals surface area contributed by atoms with E-state index in [1.807, 2.05) is 0 Å². The van der Waals surface area contributed by atoms with Crippen LogP contribution in [0.1, 0.15) is 39.5 Å². The Morgan fingerprint density at radius 2 is 1.93 bits per heavy atom. The molecule has 2 nitrogen and oxygen atoms in total. The molecule has 1 spiro atoms. The summed E-state index contributed by atoms with van der Waals surface area (Å²) >= 11 is 0. The topological polar surface area (TPSA) is 43.1 Å². The van der Waals surface area contributed by atoms with E-state index in [4.69, 9.17) is 5.73 Å². The highest BCUT2D eigenvalue weighted by atomic mass is 16.1. The summed E-state index contributed by atoms with van der Waals surface area (Å²) in [4.78, 5) is 11.3. The molecular formula is C12H19NO. The van der Waals surface area contributed by atoms with E-state index >= 15 is 0 Å². The Morgan fingerprint density at radius 3 is 2.36 bits per heavy atom. The number of carbonyl (C=O) groups is 1. The van der Waals surface area contributed by atoms with Crippen LogP contribution in [0.25, 0.3) is 0 Å². The molecular weight excluding hydrogens is 174 g/mol. The largest absolute Gasteiger partial charge is 0.369 e. The van der Waals surface area contributed by atoms with Gasteiger partial charge in [0.05, 0.1) is 0 Å². The zero-order chi connectivity index (χ0) is 10.1. The summed E-state index contributed by atoms with van der Waals surface area (Å²) in [6.07, 6.45) is 5.16. The van der Waals surface area contributed by atoms with Crippen LogP contribution in [0.5, 0.6) is 0 Å². The number of carbonyl (C=O) groups excluding carboxylic acids is 1. The summed E-state index contributed by atoms with van der Waals surface area (Å²) in [5.41, 5.74) is 6.16. The van der Waals surface area contributed by atoms with E-state index < -0.39 is 0 Å². The minimum Gasteiger partial charge on any atom is -0.369 e. The molecule has 3 aliphatic rings. The van der Waals surface area contributed by atoms with E-state index in [1.54, 1.807) is 0 Å². The van der Waals surface area contributed by atoms with Crippen LogP contribution in [0.4, 0.5) is 0 Å². The van der Waals surface area contributed by atoms with Crippen molar-refractivity contribution in [1.82, 2.24) is 0 Å². The van der Waals surface area contributed by atoms with Gasteiger partial charge in [-0.15, -0.1) is 0 Å². The van der Waals surface area contributed by atoms with Crippen molar-refractivity contribution in [2.45, 2.75) is 39.5 Å². The molecule has 2 bridgehead atoms. The molecule has 0 radical (unpaired) electrons. The lowest BCUT2D eigenvalue weighted by molar-refractivity contribution is -0.121. The van der Waals surface area contributed by atoms with E-state index in [0.29, 0.717) is 10.8 Å². The molecule has 0 saturated heterocycles. The lowest BCUT2D eigenvalue weighted by Crippen LogP contribution is -2.36. The number of amides is 1. The number of fused-ring (bicyclic) bond motifs is 3. The van der Waals surface area contributed by atoms with Crippen molar-refractivity contribution < 1.29 is 4.79 Å². The molecule has 3 rings (SSSR count). The summed E-state index contributed by atoms with van der Waals surface area (Å²) in [5, 5.41) is 0. The quantitative estimate of drug-likeness (QED) is 0.679. The zero-order valence-electron chi connectivity index (χ0n) is 9.05. The monoisotopic (exact) mass is 193 g/mol. The van der Waals surface area contributed by atoms with Gasteiger partial charge in [-0.05, 0) is 48.3 Å². The fourth-order valence-electron chi connectivity index (χ4n) is 4.81. The van der Waals surface area contributed by atoms with Gasteiger partial charge in [-0.3, -0.25) is 4.79 Å². The van der Waals surface area contributed by atoms with Crippen molar-refractivity contribution >= 4 is 5.91 Å². The van der Waals surface area contributed by atoms with Crippen LogP contribution in [0.2, 0.25) is 0 Å². The standard InChI is InChI=1S/C12H19NO/c1-11(2)7-3-4-8(5-7)12(11)6-9(12)10(13)14/h7-9H,3-6H2,1-2H3,(H2,13,14)/t7-,8+,9+,12+/m0/s1. The normalized spacial score (nSPS) is 52.6. The van der Waals surface area contributed by atoms with E-state index in [9.17, 15) is 4.79 Å². The van der Waals surface area contributed by atoms with Gasteiger partial charge in [0, 0.05) is 5.92 Å². The molecule has 78 valence electrons. The molecule has 0 unspecified atom stereocenters. The van der Waals surface area contributed by atoms with Crippen molar-refractivity contribution in [2.24, 2.45) is 34.3 Å². The number of hydrogen-bond donors (Lipinski definition) is 1. The zero-order valence-corrected chi connectivity index (χ0v) is 9.05. The summed E-state index contributed by atoms with van der Waals surface area (Å²) < 4.78 is 0. The van der Waals surface area contributed by atoms with Crippen molar-refractivity contribution in [2.75, 3.05) is 0 Å². The third kappa shape index (κ3) is 0.697. The first-order valence-electron chi connectivity index (χ1n) is 5.79. The predicted octanol–water partition coefficient (Wildman–Crippen LogP) is 1.93. The minimum absolute atomic E-state index is 0.0503. The summed E-state index contributed by atoms with van der Waals surface area (Å²) in [5.74, 6) is 1.82. The van der Waals surface area contributed by atoms with Crippen molar-refractivity contribution in [3.05, 3.63) is 0 Å². The molecule has 2 N–H and O–H groups in total. The molecule has 0 aromatic rings. The second-order valence-corrected chi connectivity index (χ2v) is 6.13. The van der Waals surface area contributed by atoms with Gasteiger partial charge in [0.2, 0.25) is 5.91 Å². The maximum Gasteiger partial charge on any atom is 0.221 e. The predicted molar refractivity (Wildman–Crippen MR) is 54.3 cm³/mol. The smallest absolute Gasteiger partial charge is 0.221 e. The molecule has 3 fully saturated rings. The Labute approximate surface area is 85.2 Å². The van der Waals surface area contributed by atoms with Crippen LogP contribution in [0.3, 0.4) is 0 Å². The number of nitrogens with two attached hydrogens (primary N) is 1. The number of primary amides is 1. The second-order valence-electron chi connectivity index (χ2n) is 6.13. The highest BCUT2D eigenvalue weighted by Gasteiger charge is 2.75. The molecule has 4 atom stereocenters. The average Bonchev–Trinajstić information content (AvgIpc) is 2.60. The van der Waals surface area contributed by atoms with Crippen LogP contribution in [0.15, 0.2) is 0 Å². The number of rotatable bonds is 1. The molecule has 0 aromatic heterocycles. The molecule has 1 amide bonds. The van der Waals surface area contributed by atoms with Gasteiger partial charge in [0.25, 0.3) is 0 Å². The van der Waals surface area contributed by atoms with Crippen molar-refractivity contribution in [1.29, 1.82) is 0 Å². The van der Waals surface area contributed by atoms with Gasteiger partial charge < -0.3 is 5.73 Å². The van der Waals surface area contributed by atoms with Crippen LogP contribution < -0.4 is 5.73 Å². The molecule has 14 heavy (non-hydrogen) atoms. The van der Waals surface area contributed by atoms with Gasteiger partial charge in [-0.1, -0.05) is 13.8 Å². The van der Waals surface area contributed by atoms with E-state index in [1.165, 1.54) is 19.3 Å². The van der Waals surface area contributed by atoms with E-state index in [0.717, 1.165) is 18.3 Å². The number of hydrogen-bond acceptors (Lipinski definition) is 1. The fraction of sp³-hybridized carbons (Fsp3) is 0.917. The Morgan fingerprint density at radius 1 is 1.29 bits per heavy atom. The van der Waals surface area contributed by atoms with Crippen LogP contribution in [0, 0.1) is 28.6 Å². The van der Waals surface area contributed by atoms with E-state index in [-0.39, 0.29) is 11.8 Å².